The fraction of sp³-hybridized carbons (Fsp3) is 0.125. The summed E-state index contributed by atoms with van der Waals surface area (Å²) in [6, 6.07) is 61.6. The lowest BCUT2D eigenvalue weighted by Gasteiger charge is -2.17. The van der Waals surface area contributed by atoms with Gasteiger partial charge in [-0.2, -0.15) is 0 Å². The largest absolute Gasteiger partial charge is 0.508 e. The number of phenolic OH excluding ortho intramolecular Hbond substituents is 18. The van der Waals surface area contributed by atoms with Gasteiger partial charge < -0.3 is 149 Å². The number of aromatic hydroxyl groups is 18. The van der Waals surface area contributed by atoms with E-state index in [2.05, 4.69) is 0 Å². The summed E-state index contributed by atoms with van der Waals surface area (Å²) in [6.45, 7) is -0.577. The number of phenols is 18. The third-order valence-corrected chi connectivity index (χ3v) is 18.1. The number of benzene rings is 14. The fourth-order valence-corrected chi connectivity index (χ4v) is 12.9. The van der Waals surface area contributed by atoms with Crippen molar-refractivity contribution in [3.05, 3.63) is 322 Å². The van der Waals surface area contributed by atoms with Crippen LogP contribution in [0.15, 0.2) is 255 Å². The van der Waals surface area contributed by atoms with E-state index in [0.29, 0.717) is 119 Å². The number of ether oxygens (including phenoxy) is 12. The number of rotatable bonds is 36. The first-order valence-electron chi connectivity index (χ1n) is 38.4. The Bertz CT molecular complexity index is 5160. The smallest absolute Gasteiger partial charge is 0.127 e. The molecule has 0 atom stereocenters. The fourth-order valence-electron chi connectivity index (χ4n) is 12.9. The van der Waals surface area contributed by atoms with Crippen LogP contribution in [0.3, 0.4) is 0 Å². The third kappa shape index (κ3) is 27.0. The standard InChI is InChI=1S/C69H60O21.C27H24O9/c70-49-1-40(2-50(71)19-49)31-82-61-13-46(14-62(25-61)83-32-41-3-51(72)20-52(73)4-41)37-88-67-28-68(89-38-47-15-63(84-33-42-5-53(74)21-54(75)6-42)26-64(16-47)85-34-43-7-55(76)22-56(77)8-43)30-69(29-67)90-39-48-17-65(86-35-44-9-57(78)23-58(79)10-44)27-66(18-48)87-36-45-11-59(80)24-60(81)12-45;28-19-1-16(2-20(29)7-19)13-34-25-10-26(35-14-17-3-21(30)8-22(31)4-17)12-27(11-25)36-15-18-5-23(32)9-24(33)6-18/h1-30,70-81H,31-39H2;1-12,28-33H,13-15H2. The van der Waals surface area contributed by atoms with Crippen LogP contribution in [0.2, 0.25) is 0 Å². The molecule has 30 heteroatoms. The predicted molar refractivity (Wildman–Crippen MR) is 452 cm³/mol. The summed E-state index contributed by atoms with van der Waals surface area (Å²) >= 11 is 0. The van der Waals surface area contributed by atoms with Crippen LogP contribution in [0.25, 0.3) is 0 Å². The maximum Gasteiger partial charge on any atom is 0.127 e. The molecule has 0 amide bonds. The van der Waals surface area contributed by atoms with Crippen molar-refractivity contribution >= 4 is 0 Å². The Labute approximate surface area is 718 Å². The van der Waals surface area contributed by atoms with Crippen LogP contribution < -0.4 is 56.8 Å². The van der Waals surface area contributed by atoms with Crippen molar-refractivity contribution in [1.82, 2.24) is 0 Å². The van der Waals surface area contributed by atoms with Crippen molar-refractivity contribution in [1.29, 1.82) is 0 Å². The second-order valence-corrected chi connectivity index (χ2v) is 28.9. The molecule has 0 unspecified atom stereocenters. The molecule has 0 bridgehead atoms. The van der Waals surface area contributed by atoms with E-state index in [1.54, 1.807) is 91.0 Å². The highest BCUT2D eigenvalue weighted by Gasteiger charge is 2.18. The summed E-state index contributed by atoms with van der Waals surface area (Å²) in [5.74, 6) is 1.27. The maximum atomic E-state index is 10.1. The lowest BCUT2D eigenvalue weighted by atomic mass is 10.2. The minimum Gasteiger partial charge on any atom is -0.508 e. The summed E-state index contributed by atoms with van der Waals surface area (Å²) in [7, 11) is 0. The molecule has 0 aliphatic carbocycles. The molecule has 0 fully saturated rings. The molecule has 126 heavy (non-hydrogen) atoms. The Balaban J connectivity index is 0.000000314. The first-order chi connectivity index (χ1) is 60.5. The second kappa shape index (κ2) is 40.4. The van der Waals surface area contributed by atoms with Gasteiger partial charge in [0.2, 0.25) is 0 Å². The molecule has 0 aliphatic rings. The summed E-state index contributed by atoms with van der Waals surface area (Å²) in [4.78, 5) is 0. The maximum absolute atomic E-state index is 10.1. The molecule has 0 spiro atoms. The first kappa shape index (κ1) is 86.9. The molecule has 0 aromatic heterocycles. The molecular weight excluding hydrogens is 1630 g/mol. The van der Waals surface area contributed by atoms with E-state index in [4.69, 9.17) is 56.8 Å². The Morgan fingerprint density at radius 1 is 0.0952 bits per heavy atom. The molecule has 14 aromatic rings. The molecule has 14 rings (SSSR count). The summed E-state index contributed by atoms with van der Waals surface area (Å²) in [6.07, 6.45) is 0. The molecule has 30 nitrogen and oxygen atoms in total. The van der Waals surface area contributed by atoms with Crippen LogP contribution in [0.5, 0.6) is 172 Å². The Hall–Kier alpha value is -16.9. The van der Waals surface area contributed by atoms with Gasteiger partial charge >= 0.3 is 0 Å². The van der Waals surface area contributed by atoms with Gasteiger partial charge in [-0.05, 0) is 212 Å². The van der Waals surface area contributed by atoms with E-state index < -0.39 is 0 Å². The SMILES string of the molecule is Oc1cc(O)cc(COc2cc(COc3cc(OCc4cc(OCc5cc(O)cc(O)c5)cc(OCc5cc(O)cc(O)c5)c4)cc(OCc4cc(OCc5cc(O)cc(O)c5)cc(OCc5cc(O)cc(O)c5)c4)c3)cc(OCc3cc(O)cc(O)c3)c2)c1.Oc1cc(O)cc(COc2cc(OCc3cc(O)cc(O)c3)cc(OCc3cc(O)cc(O)c3)c2)c1. The zero-order chi connectivity index (χ0) is 88.9. The van der Waals surface area contributed by atoms with Gasteiger partial charge in [0, 0.05) is 109 Å². The predicted octanol–water partition coefficient (Wildman–Crippen LogP) is 17.0. The summed E-state index contributed by atoms with van der Waals surface area (Å²) in [5, 5.41) is 180. The van der Waals surface area contributed by atoms with Gasteiger partial charge in [0.1, 0.15) is 252 Å². The molecule has 0 heterocycles. The average molecular weight is 1720 g/mol. The zero-order valence-electron chi connectivity index (χ0n) is 66.7. The van der Waals surface area contributed by atoms with Crippen molar-refractivity contribution < 1.29 is 149 Å². The van der Waals surface area contributed by atoms with Crippen LogP contribution in [0, 0.1) is 0 Å². The van der Waals surface area contributed by atoms with Gasteiger partial charge in [-0.3, -0.25) is 0 Å². The van der Waals surface area contributed by atoms with E-state index in [9.17, 15) is 91.9 Å². The van der Waals surface area contributed by atoms with Crippen LogP contribution in [0.4, 0.5) is 0 Å². The van der Waals surface area contributed by atoms with Gasteiger partial charge in [-0.15, -0.1) is 0 Å². The van der Waals surface area contributed by atoms with Gasteiger partial charge in [0.15, 0.2) is 0 Å². The van der Waals surface area contributed by atoms with Gasteiger partial charge in [0.25, 0.3) is 0 Å². The average Bonchev–Trinajstić information content (AvgIpc) is 0.837. The summed E-state index contributed by atoms with van der Waals surface area (Å²) in [5.41, 5.74) is 6.05. The second-order valence-electron chi connectivity index (χ2n) is 28.9. The minimum atomic E-state index is -0.160. The molecule has 0 saturated carbocycles. The molecule has 14 aromatic carbocycles. The van der Waals surface area contributed by atoms with Crippen LogP contribution >= 0.6 is 0 Å². The van der Waals surface area contributed by atoms with Crippen molar-refractivity contribution in [2.24, 2.45) is 0 Å². The Kier molecular flexibility index (Phi) is 27.9. The number of hydrogen-bond acceptors (Lipinski definition) is 30. The highest BCUT2D eigenvalue weighted by atomic mass is 16.5. The van der Waals surface area contributed by atoms with Gasteiger partial charge in [0.05, 0.1) is 0 Å². The molecule has 648 valence electrons. The molecule has 0 aliphatic heterocycles. The zero-order valence-corrected chi connectivity index (χ0v) is 66.7. The van der Waals surface area contributed by atoms with E-state index in [1.807, 2.05) is 0 Å². The first-order valence-corrected chi connectivity index (χ1v) is 38.4. The van der Waals surface area contributed by atoms with Gasteiger partial charge in [-0.1, -0.05) is 0 Å². The van der Waals surface area contributed by atoms with Crippen molar-refractivity contribution in [3.63, 3.8) is 0 Å². The van der Waals surface area contributed by atoms with E-state index in [1.165, 1.54) is 164 Å². The van der Waals surface area contributed by atoms with Crippen molar-refractivity contribution in [2.45, 2.75) is 79.3 Å². The number of hydrogen-bond donors (Lipinski definition) is 18. The van der Waals surface area contributed by atoms with E-state index in [-0.39, 0.29) is 200 Å². The third-order valence-electron chi connectivity index (χ3n) is 18.1. The van der Waals surface area contributed by atoms with E-state index >= 15 is 0 Å². The molecule has 18 N–H and O–H groups in total. The molecule has 0 saturated heterocycles. The van der Waals surface area contributed by atoms with Crippen LogP contribution in [-0.2, 0) is 79.3 Å². The summed E-state index contributed by atoms with van der Waals surface area (Å²) < 4.78 is 73.8. The normalized spacial score (nSPS) is 10.9. The lowest BCUT2D eigenvalue weighted by Crippen LogP contribution is -2.04. The minimum absolute atomic E-state index is 0.0334. The quantitative estimate of drug-likeness (QED) is 0.0173. The molecular formula is C96H84O30. The van der Waals surface area contributed by atoms with Crippen LogP contribution in [0.1, 0.15) is 66.8 Å². The lowest BCUT2D eigenvalue weighted by molar-refractivity contribution is 0.266. The highest BCUT2D eigenvalue weighted by molar-refractivity contribution is 5.50. The van der Waals surface area contributed by atoms with Gasteiger partial charge in [-0.25, -0.2) is 0 Å². The van der Waals surface area contributed by atoms with Crippen molar-refractivity contribution in [3.8, 4) is 172 Å². The highest BCUT2D eigenvalue weighted by Crippen LogP contribution is 2.39. The van der Waals surface area contributed by atoms with E-state index in [0.717, 1.165) is 0 Å². The monoisotopic (exact) mass is 1720 g/mol. The Morgan fingerprint density at radius 3 is 0.254 bits per heavy atom. The van der Waals surface area contributed by atoms with Crippen LogP contribution in [-0.4, -0.2) is 91.9 Å². The topological polar surface area (TPSA) is 475 Å². The van der Waals surface area contributed by atoms with Crippen molar-refractivity contribution in [2.75, 3.05) is 0 Å². The Morgan fingerprint density at radius 2 is 0.167 bits per heavy atom. The molecule has 0 radical (unpaired) electrons.